The summed E-state index contributed by atoms with van der Waals surface area (Å²) in [6.07, 6.45) is 0. The first-order valence-electron chi connectivity index (χ1n) is 4.39. The molecule has 0 fully saturated rings. The average molecular weight is 190 g/mol. The highest BCUT2D eigenvalue weighted by atomic mass is 16.6. The molecule has 72 valence electrons. The third kappa shape index (κ3) is 0.985. The molecule has 1 aliphatic heterocycles. The Hall–Kier alpha value is -1.64. The monoisotopic (exact) mass is 190 g/mol. The fourth-order valence-corrected chi connectivity index (χ4v) is 1.70. The Morgan fingerprint density at radius 2 is 1.64 bits per heavy atom. The number of esters is 2. The number of hydrogen-bond acceptors (Lipinski definition) is 3. The summed E-state index contributed by atoms with van der Waals surface area (Å²) in [5, 5.41) is 0. The molecule has 3 nitrogen and oxygen atoms in total. The van der Waals surface area contributed by atoms with Gasteiger partial charge in [0.15, 0.2) is 0 Å². The van der Waals surface area contributed by atoms with Gasteiger partial charge < -0.3 is 4.74 Å². The number of carbonyl (C=O) groups is 2. The molecule has 2 rings (SSSR count). The molecule has 0 amide bonds. The average Bonchev–Trinajstić information content (AvgIpc) is 2.38. The minimum absolute atomic E-state index is 0.399. The molecule has 14 heavy (non-hydrogen) atoms. The molecule has 1 heterocycles. The molecule has 0 saturated carbocycles. The lowest BCUT2D eigenvalue weighted by Gasteiger charge is -2.06. The van der Waals surface area contributed by atoms with Crippen molar-refractivity contribution in [3.63, 3.8) is 0 Å². The number of aryl methyl sites for hydroxylation is 1. The summed E-state index contributed by atoms with van der Waals surface area (Å²) >= 11 is 0. The van der Waals surface area contributed by atoms with Crippen LogP contribution in [0.3, 0.4) is 0 Å². The van der Waals surface area contributed by atoms with Gasteiger partial charge in [0.05, 0.1) is 11.1 Å². The van der Waals surface area contributed by atoms with Gasteiger partial charge in [-0.05, 0) is 43.5 Å². The molecule has 0 atom stereocenters. The van der Waals surface area contributed by atoms with Crippen LogP contribution in [0.5, 0.6) is 0 Å². The predicted octanol–water partition coefficient (Wildman–Crippen LogP) is 1.92. The summed E-state index contributed by atoms with van der Waals surface area (Å²) in [6.45, 7) is 5.68. The van der Waals surface area contributed by atoms with Crippen LogP contribution in [0.1, 0.15) is 37.4 Å². The maximum absolute atomic E-state index is 11.3. The van der Waals surface area contributed by atoms with Gasteiger partial charge in [0.2, 0.25) is 0 Å². The van der Waals surface area contributed by atoms with E-state index in [-0.39, 0.29) is 0 Å². The minimum Gasteiger partial charge on any atom is -0.386 e. The molecular weight excluding hydrogens is 180 g/mol. The Balaban J connectivity index is 2.82. The minimum atomic E-state index is -0.531. The van der Waals surface area contributed by atoms with E-state index in [1.165, 1.54) is 0 Å². The van der Waals surface area contributed by atoms with E-state index in [1.807, 2.05) is 20.8 Å². The lowest BCUT2D eigenvalue weighted by Crippen LogP contribution is -2.00. The highest BCUT2D eigenvalue weighted by Crippen LogP contribution is 2.27. The third-order valence-electron chi connectivity index (χ3n) is 2.77. The standard InChI is InChI=1S/C11H10O3/c1-5-4-8-9(7(3)6(5)2)11(13)14-10(8)12/h4H,1-3H3. The van der Waals surface area contributed by atoms with Gasteiger partial charge in [0.1, 0.15) is 0 Å². The maximum Gasteiger partial charge on any atom is 0.347 e. The van der Waals surface area contributed by atoms with Gasteiger partial charge in [-0.25, -0.2) is 9.59 Å². The topological polar surface area (TPSA) is 43.4 Å². The van der Waals surface area contributed by atoms with Crippen molar-refractivity contribution in [3.8, 4) is 0 Å². The van der Waals surface area contributed by atoms with E-state index in [9.17, 15) is 9.59 Å². The number of cyclic esters (lactones) is 2. The summed E-state index contributed by atoms with van der Waals surface area (Å²) in [5.41, 5.74) is 3.72. The Morgan fingerprint density at radius 1 is 1.00 bits per heavy atom. The highest BCUT2D eigenvalue weighted by Gasteiger charge is 2.32. The molecule has 0 N–H and O–H groups in total. The van der Waals surface area contributed by atoms with Gasteiger partial charge >= 0.3 is 11.9 Å². The second-order valence-electron chi connectivity index (χ2n) is 3.54. The van der Waals surface area contributed by atoms with E-state index in [4.69, 9.17) is 0 Å². The summed E-state index contributed by atoms with van der Waals surface area (Å²) in [4.78, 5) is 22.6. The Kier molecular flexibility index (Phi) is 1.71. The van der Waals surface area contributed by atoms with Crippen molar-refractivity contribution >= 4 is 11.9 Å². The summed E-state index contributed by atoms with van der Waals surface area (Å²) < 4.78 is 4.54. The van der Waals surface area contributed by atoms with Gasteiger partial charge in [-0.1, -0.05) is 0 Å². The van der Waals surface area contributed by atoms with Crippen LogP contribution < -0.4 is 0 Å². The van der Waals surface area contributed by atoms with E-state index >= 15 is 0 Å². The van der Waals surface area contributed by atoms with E-state index in [0.717, 1.165) is 16.7 Å². The summed E-state index contributed by atoms with van der Waals surface area (Å²) in [5.74, 6) is -1.05. The second-order valence-corrected chi connectivity index (χ2v) is 3.54. The van der Waals surface area contributed by atoms with Gasteiger partial charge in [-0.15, -0.1) is 0 Å². The smallest absolute Gasteiger partial charge is 0.347 e. The molecule has 0 spiro atoms. The van der Waals surface area contributed by atoms with Crippen molar-refractivity contribution in [3.05, 3.63) is 33.9 Å². The van der Waals surface area contributed by atoms with Crippen LogP contribution >= 0.6 is 0 Å². The van der Waals surface area contributed by atoms with E-state index in [0.29, 0.717) is 11.1 Å². The molecule has 0 aliphatic carbocycles. The number of hydrogen-bond donors (Lipinski definition) is 0. The molecule has 1 aromatic carbocycles. The van der Waals surface area contributed by atoms with Gasteiger partial charge in [0.25, 0.3) is 0 Å². The van der Waals surface area contributed by atoms with Crippen molar-refractivity contribution in [1.29, 1.82) is 0 Å². The largest absolute Gasteiger partial charge is 0.386 e. The van der Waals surface area contributed by atoms with Gasteiger partial charge in [0, 0.05) is 0 Å². The normalized spacial score (nSPS) is 14.2. The van der Waals surface area contributed by atoms with E-state index in [2.05, 4.69) is 4.74 Å². The quantitative estimate of drug-likeness (QED) is 0.463. The number of ether oxygens (including phenoxy) is 1. The first-order valence-corrected chi connectivity index (χ1v) is 4.39. The van der Waals surface area contributed by atoms with Crippen molar-refractivity contribution in [2.24, 2.45) is 0 Å². The summed E-state index contributed by atoms with van der Waals surface area (Å²) in [7, 11) is 0. The molecule has 1 aliphatic rings. The van der Waals surface area contributed by atoms with Crippen molar-refractivity contribution in [2.45, 2.75) is 20.8 Å². The first-order chi connectivity index (χ1) is 6.52. The van der Waals surface area contributed by atoms with Crippen LogP contribution in [-0.2, 0) is 4.74 Å². The van der Waals surface area contributed by atoms with Crippen LogP contribution in [0.2, 0.25) is 0 Å². The summed E-state index contributed by atoms with van der Waals surface area (Å²) in [6, 6.07) is 1.71. The fraction of sp³-hybridized carbons (Fsp3) is 0.273. The van der Waals surface area contributed by atoms with Crippen molar-refractivity contribution < 1.29 is 14.3 Å². The van der Waals surface area contributed by atoms with Crippen molar-refractivity contribution in [2.75, 3.05) is 0 Å². The van der Waals surface area contributed by atoms with Crippen LogP contribution in [0.25, 0.3) is 0 Å². The Labute approximate surface area is 81.7 Å². The molecule has 0 saturated heterocycles. The van der Waals surface area contributed by atoms with Crippen LogP contribution in [0.15, 0.2) is 6.07 Å². The van der Waals surface area contributed by atoms with Gasteiger partial charge in [-0.2, -0.15) is 0 Å². The van der Waals surface area contributed by atoms with Crippen LogP contribution in [0, 0.1) is 20.8 Å². The van der Waals surface area contributed by atoms with Crippen LogP contribution in [0.4, 0.5) is 0 Å². The SMILES string of the molecule is Cc1cc2c(c(C)c1C)C(=O)OC2=O. The molecule has 0 unspecified atom stereocenters. The first kappa shape index (κ1) is 8.94. The third-order valence-corrected chi connectivity index (χ3v) is 2.77. The number of carbonyl (C=O) groups excluding carboxylic acids is 2. The molecule has 3 heteroatoms. The molecule has 0 radical (unpaired) electrons. The number of rotatable bonds is 0. The van der Waals surface area contributed by atoms with Gasteiger partial charge in [-0.3, -0.25) is 0 Å². The number of fused-ring (bicyclic) bond motifs is 1. The van der Waals surface area contributed by atoms with E-state index < -0.39 is 11.9 Å². The molecule has 1 aromatic rings. The maximum atomic E-state index is 11.3. The Morgan fingerprint density at radius 3 is 2.29 bits per heavy atom. The number of benzene rings is 1. The molecular formula is C11H10O3. The lowest BCUT2D eigenvalue weighted by atomic mass is 9.95. The van der Waals surface area contributed by atoms with E-state index in [1.54, 1.807) is 6.07 Å². The zero-order valence-corrected chi connectivity index (χ0v) is 8.30. The fourth-order valence-electron chi connectivity index (χ4n) is 1.70. The van der Waals surface area contributed by atoms with Crippen molar-refractivity contribution in [1.82, 2.24) is 0 Å². The molecule has 0 aromatic heterocycles. The lowest BCUT2D eigenvalue weighted by molar-refractivity contribution is 0.0443. The predicted molar refractivity (Wildman–Crippen MR) is 50.4 cm³/mol. The Bertz CT molecular complexity index is 458. The zero-order valence-electron chi connectivity index (χ0n) is 8.30. The highest BCUT2D eigenvalue weighted by molar-refractivity contribution is 6.15. The van der Waals surface area contributed by atoms with Crippen LogP contribution in [-0.4, -0.2) is 11.9 Å². The zero-order chi connectivity index (χ0) is 10.5. The molecule has 0 bridgehead atoms. The second kappa shape index (κ2) is 2.67.